The lowest BCUT2D eigenvalue weighted by Gasteiger charge is -2.21. The quantitative estimate of drug-likeness (QED) is 0.646. The molecule has 2 aromatic rings. The van der Waals surface area contributed by atoms with Gasteiger partial charge in [-0.2, -0.15) is 4.31 Å². The Morgan fingerprint density at radius 3 is 2.55 bits per heavy atom. The molecule has 0 bridgehead atoms. The first-order chi connectivity index (χ1) is 14.7. The predicted molar refractivity (Wildman–Crippen MR) is 118 cm³/mol. The first-order valence-corrected chi connectivity index (χ1v) is 11.6. The molecule has 3 rings (SSSR count). The normalized spacial score (nSPS) is 14.6. The molecule has 1 aromatic carbocycles. The van der Waals surface area contributed by atoms with Crippen LogP contribution in [0.4, 0.5) is 11.5 Å². The van der Waals surface area contributed by atoms with Crippen LogP contribution < -0.4 is 21.9 Å². The second kappa shape index (κ2) is 9.06. The standard InChI is InChI=1S/C20H27N5O5S/c1-3-4-12-25-17(21)16(18(26)22-20(25)28)23(2)19(27)14-8-7-9-15(13-14)31(29,30)24-10-5-6-11-24/h7-9,13H,3-6,10-12,21H2,1-2H3,(H,22,26,28). The zero-order valence-corrected chi connectivity index (χ0v) is 18.4. The van der Waals surface area contributed by atoms with Crippen LogP contribution in [0.3, 0.4) is 0 Å². The number of H-pyrrole nitrogens is 1. The van der Waals surface area contributed by atoms with Gasteiger partial charge < -0.3 is 10.6 Å². The Labute approximate surface area is 180 Å². The van der Waals surface area contributed by atoms with Crippen LogP contribution in [-0.2, 0) is 16.6 Å². The SMILES string of the molecule is CCCCn1c(N)c(N(C)C(=O)c2cccc(S(=O)(=O)N3CCCC3)c2)c(=O)[nH]c1=O. The fourth-order valence-electron chi connectivity index (χ4n) is 3.60. The summed E-state index contributed by atoms with van der Waals surface area (Å²) in [5.41, 5.74) is 4.58. The van der Waals surface area contributed by atoms with Gasteiger partial charge in [-0.15, -0.1) is 0 Å². The maximum atomic E-state index is 13.1. The number of hydrogen-bond acceptors (Lipinski definition) is 6. The van der Waals surface area contributed by atoms with E-state index in [0.717, 1.165) is 24.2 Å². The lowest BCUT2D eigenvalue weighted by atomic mass is 10.2. The fraction of sp³-hybridized carbons (Fsp3) is 0.450. The lowest BCUT2D eigenvalue weighted by molar-refractivity contribution is 0.0992. The van der Waals surface area contributed by atoms with Gasteiger partial charge in [-0.25, -0.2) is 13.2 Å². The zero-order valence-electron chi connectivity index (χ0n) is 17.6. The first kappa shape index (κ1) is 22.8. The van der Waals surface area contributed by atoms with Crippen LogP contribution in [0, 0.1) is 0 Å². The van der Waals surface area contributed by atoms with Crippen LogP contribution in [-0.4, -0.2) is 48.3 Å². The van der Waals surface area contributed by atoms with E-state index in [0.29, 0.717) is 26.1 Å². The van der Waals surface area contributed by atoms with Crippen molar-refractivity contribution in [3.63, 3.8) is 0 Å². The van der Waals surface area contributed by atoms with E-state index in [9.17, 15) is 22.8 Å². The number of unbranched alkanes of at least 4 members (excludes halogenated alkanes) is 1. The molecule has 11 heteroatoms. The largest absolute Gasteiger partial charge is 0.383 e. The molecular formula is C20H27N5O5S. The number of nitrogens with zero attached hydrogens (tertiary/aromatic N) is 3. The van der Waals surface area contributed by atoms with Crippen molar-refractivity contribution in [1.82, 2.24) is 13.9 Å². The molecule has 1 aliphatic heterocycles. The van der Waals surface area contributed by atoms with Crippen LogP contribution in [0.1, 0.15) is 43.0 Å². The number of anilines is 2. The molecule has 1 aliphatic rings. The Hall–Kier alpha value is -2.92. The molecule has 2 heterocycles. The van der Waals surface area contributed by atoms with Crippen molar-refractivity contribution in [3.05, 3.63) is 50.7 Å². The fourth-order valence-corrected chi connectivity index (χ4v) is 5.17. The number of carbonyl (C=O) groups is 1. The average Bonchev–Trinajstić information content (AvgIpc) is 3.28. The third-order valence-corrected chi connectivity index (χ3v) is 7.27. The number of nitrogen functional groups attached to an aromatic ring is 1. The molecule has 3 N–H and O–H groups in total. The number of rotatable bonds is 7. The van der Waals surface area contributed by atoms with Gasteiger partial charge in [0, 0.05) is 32.2 Å². The third kappa shape index (κ3) is 4.42. The highest BCUT2D eigenvalue weighted by atomic mass is 32.2. The molecule has 0 radical (unpaired) electrons. The van der Waals surface area contributed by atoms with E-state index in [-0.39, 0.29) is 22.0 Å². The highest BCUT2D eigenvalue weighted by Gasteiger charge is 2.28. The molecule has 31 heavy (non-hydrogen) atoms. The highest BCUT2D eigenvalue weighted by Crippen LogP contribution is 2.23. The Kier molecular flexibility index (Phi) is 6.65. The topological polar surface area (TPSA) is 139 Å². The first-order valence-electron chi connectivity index (χ1n) is 10.2. The summed E-state index contributed by atoms with van der Waals surface area (Å²) in [6, 6.07) is 5.69. The summed E-state index contributed by atoms with van der Waals surface area (Å²) in [6.45, 7) is 3.15. The Bertz CT molecular complexity index is 1200. The van der Waals surface area contributed by atoms with Crippen molar-refractivity contribution in [3.8, 4) is 0 Å². The van der Waals surface area contributed by atoms with Gasteiger partial charge in [-0.1, -0.05) is 19.4 Å². The molecule has 0 unspecified atom stereocenters. The van der Waals surface area contributed by atoms with E-state index in [2.05, 4.69) is 4.98 Å². The van der Waals surface area contributed by atoms with Crippen molar-refractivity contribution in [1.29, 1.82) is 0 Å². The molecule has 0 aliphatic carbocycles. The minimum absolute atomic E-state index is 0.0171. The molecule has 0 atom stereocenters. The van der Waals surface area contributed by atoms with Crippen molar-refractivity contribution in [2.45, 2.75) is 44.0 Å². The van der Waals surface area contributed by atoms with E-state index in [1.54, 1.807) is 0 Å². The van der Waals surface area contributed by atoms with Gasteiger partial charge in [0.1, 0.15) is 5.82 Å². The number of nitrogens with two attached hydrogens (primary N) is 1. The van der Waals surface area contributed by atoms with Crippen LogP contribution in [0.2, 0.25) is 0 Å². The van der Waals surface area contributed by atoms with Gasteiger partial charge in [0.05, 0.1) is 4.90 Å². The number of benzene rings is 1. The minimum atomic E-state index is -3.70. The maximum Gasteiger partial charge on any atom is 0.330 e. The molecule has 0 spiro atoms. The molecular weight excluding hydrogens is 422 g/mol. The summed E-state index contributed by atoms with van der Waals surface area (Å²) in [7, 11) is -2.34. The Balaban J connectivity index is 1.97. The van der Waals surface area contributed by atoms with E-state index in [1.807, 2.05) is 6.92 Å². The van der Waals surface area contributed by atoms with Gasteiger partial charge in [0.25, 0.3) is 11.5 Å². The van der Waals surface area contributed by atoms with Gasteiger partial charge >= 0.3 is 5.69 Å². The highest BCUT2D eigenvalue weighted by molar-refractivity contribution is 7.89. The molecule has 1 amide bonds. The van der Waals surface area contributed by atoms with Crippen molar-refractivity contribution in [2.24, 2.45) is 0 Å². The number of carbonyl (C=O) groups excluding carboxylic acids is 1. The second-order valence-electron chi connectivity index (χ2n) is 7.50. The number of amides is 1. The summed E-state index contributed by atoms with van der Waals surface area (Å²) in [4.78, 5) is 40.9. The third-order valence-electron chi connectivity index (χ3n) is 5.37. The van der Waals surface area contributed by atoms with Gasteiger partial charge in [-0.05, 0) is 37.5 Å². The van der Waals surface area contributed by atoms with Crippen molar-refractivity contribution >= 4 is 27.4 Å². The van der Waals surface area contributed by atoms with Crippen LogP contribution in [0.25, 0.3) is 0 Å². The van der Waals surface area contributed by atoms with Crippen LogP contribution >= 0.6 is 0 Å². The second-order valence-corrected chi connectivity index (χ2v) is 9.44. The van der Waals surface area contributed by atoms with Crippen molar-refractivity contribution in [2.75, 3.05) is 30.8 Å². The molecule has 1 saturated heterocycles. The number of aromatic nitrogens is 2. The van der Waals surface area contributed by atoms with Gasteiger partial charge in [-0.3, -0.25) is 19.1 Å². The molecule has 1 fully saturated rings. The van der Waals surface area contributed by atoms with Gasteiger partial charge in [0.15, 0.2) is 5.69 Å². The molecule has 1 aromatic heterocycles. The van der Waals surface area contributed by atoms with E-state index >= 15 is 0 Å². The number of hydrogen-bond donors (Lipinski definition) is 2. The van der Waals surface area contributed by atoms with E-state index in [1.165, 1.54) is 40.2 Å². The maximum absolute atomic E-state index is 13.1. The molecule has 168 valence electrons. The smallest absolute Gasteiger partial charge is 0.330 e. The van der Waals surface area contributed by atoms with Crippen LogP contribution in [0.5, 0.6) is 0 Å². The number of aromatic amines is 1. The van der Waals surface area contributed by atoms with Gasteiger partial charge in [0.2, 0.25) is 10.0 Å². The summed E-state index contributed by atoms with van der Waals surface area (Å²) in [5.74, 6) is -0.727. The van der Waals surface area contributed by atoms with Crippen molar-refractivity contribution < 1.29 is 13.2 Å². The Morgan fingerprint density at radius 2 is 1.90 bits per heavy atom. The zero-order chi connectivity index (χ0) is 22.8. The van der Waals surface area contributed by atoms with E-state index in [4.69, 9.17) is 5.73 Å². The summed E-state index contributed by atoms with van der Waals surface area (Å²) >= 11 is 0. The summed E-state index contributed by atoms with van der Waals surface area (Å²) in [5, 5.41) is 0. The monoisotopic (exact) mass is 449 g/mol. The molecule has 0 saturated carbocycles. The Morgan fingerprint density at radius 1 is 1.23 bits per heavy atom. The van der Waals surface area contributed by atoms with E-state index < -0.39 is 27.2 Å². The average molecular weight is 450 g/mol. The number of nitrogens with one attached hydrogen (secondary N) is 1. The summed E-state index contributed by atoms with van der Waals surface area (Å²) < 4.78 is 28.3. The predicted octanol–water partition coefficient (Wildman–Crippen LogP) is 0.980. The number of sulfonamides is 1. The lowest BCUT2D eigenvalue weighted by Crippen LogP contribution is -2.39. The summed E-state index contributed by atoms with van der Waals surface area (Å²) in [6.07, 6.45) is 3.09. The molecule has 10 nitrogen and oxygen atoms in total. The minimum Gasteiger partial charge on any atom is -0.383 e. The van der Waals surface area contributed by atoms with Crippen LogP contribution in [0.15, 0.2) is 38.8 Å².